The van der Waals surface area contributed by atoms with E-state index in [4.69, 9.17) is 9.47 Å². The Bertz CT molecular complexity index is 1670. The summed E-state index contributed by atoms with van der Waals surface area (Å²) >= 11 is 0. The number of alkyl halides is 3. The number of benzene rings is 1. The second-order valence-corrected chi connectivity index (χ2v) is 10.2. The average Bonchev–Trinajstić information content (AvgIpc) is 3.29. The van der Waals surface area contributed by atoms with Crippen LogP contribution in [0, 0.1) is 6.92 Å². The molecule has 4 aromatic rings. The van der Waals surface area contributed by atoms with Crippen molar-refractivity contribution in [3.63, 3.8) is 0 Å². The molecule has 0 unspecified atom stereocenters. The van der Waals surface area contributed by atoms with E-state index in [9.17, 15) is 26.4 Å². The van der Waals surface area contributed by atoms with Crippen LogP contribution in [0.4, 0.5) is 24.8 Å². The minimum absolute atomic E-state index is 0.00329. The fraction of sp³-hybridized carbons (Fsp3) is 0.208. The first-order valence-corrected chi connectivity index (χ1v) is 13.2. The molecule has 3 heterocycles. The molecule has 1 amide bonds. The van der Waals surface area contributed by atoms with Gasteiger partial charge in [-0.15, -0.1) is 0 Å². The van der Waals surface area contributed by atoms with Gasteiger partial charge in [-0.25, -0.2) is 22.8 Å². The van der Waals surface area contributed by atoms with Crippen LogP contribution in [0.25, 0.3) is 16.9 Å². The lowest BCUT2D eigenvalue weighted by Crippen LogP contribution is -2.29. The molecule has 0 aliphatic carbocycles. The van der Waals surface area contributed by atoms with Gasteiger partial charge in [0.25, 0.3) is 5.91 Å². The van der Waals surface area contributed by atoms with Crippen molar-refractivity contribution in [1.29, 1.82) is 0 Å². The Hall–Kier alpha value is -4.73. The van der Waals surface area contributed by atoms with Crippen molar-refractivity contribution in [3.8, 4) is 28.4 Å². The monoisotopic (exact) mass is 577 g/mol. The highest BCUT2D eigenvalue weighted by Crippen LogP contribution is 2.33. The quantitative estimate of drug-likeness (QED) is 0.319. The van der Waals surface area contributed by atoms with Crippen LogP contribution in [-0.4, -0.2) is 59.5 Å². The van der Waals surface area contributed by atoms with Crippen molar-refractivity contribution < 1.29 is 35.9 Å². The van der Waals surface area contributed by atoms with E-state index in [0.29, 0.717) is 17.2 Å². The summed E-state index contributed by atoms with van der Waals surface area (Å²) in [6.45, 7) is 1.42. The Balaban J connectivity index is 1.85. The number of nitrogens with zero attached hydrogens (tertiary/aromatic N) is 5. The molecular weight excluding hydrogens is 555 g/mol. The molecule has 1 aromatic carbocycles. The van der Waals surface area contributed by atoms with Crippen molar-refractivity contribution in [2.75, 3.05) is 25.8 Å². The Morgan fingerprint density at radius 3 is 2.25 bits per heavy atom. The normalized spacial score (nSPS) is 11.7. The highest BCUT2D eigenvalue weighted by molar-refractivity contribution is 7.89. The highest BCUT2D eigenvalue weighted by atomic mass is 32.2. The van der Waals surface area contributed by atoms with E-state index < -0.39 is 27.8 Å². The maximum Gasteiger partial charge on any atom is 0.435 e. The molecule has 4 rings (SSSR count). The SMILES string of the molecule is COc1cc(Nc2ncc(-c3cncc(C(=O)NS(C)(=O)=O)c3)c(-n3nc(C(F)(F)F)cc3C)n2)cc(OC)c1. The minimum Gasteiger partial charge on any atom is -0.497 e. The summed E-state index contributed by atoms with van der Waals surface area (Å²) in [4.78, 5) is 25.1. The van der Waals surface area contributed by atoms with Gasteiger partial charge in [-0.05, 0) is 19.1 Å². The number of aryl methyl sites for hydroxylation is 1. The van der Waals surface area contributed by atoms with Crippen LogP contribution in [0.5, 0.6) is 11.5 Å². The second kappa shape index (κ2) is 10.8. The lowest BCUT2D eigenvalue weighted by molar-refractivity contribution is -0.141. The van der Waals surface area contributed by atoms with Gasteiger partial charge in [-0.1, -0.05) is 0 Å². The molecule has 0 atom stereocenters. The van der Waals surface area contributed by atoms with Gasteiger partial charge in [0.2, 0.25) is 16.0 Å². The van der Waals surface area contributed by atoms with Gasteiger partial charge in [0, 0.05) is 59.3 Å². The van der Waals surface area contributed by atoms with Gasteiger partial charge < -0.3 is 14.8 Å². The molecule has 16 heteroatoms. The predicted molar refractivity (Wildman–Crippen MR) is 137 cm³/mol. The third-order valence-electron chi connectivity index (χ3n) is 5.34. The molecule has 0 aliphatic heterocycles. The number of methoxy groups -OCH3 is 2. The summed E-state index contributed by atoms with van der Waals surface area (Å²) < 4.78 is 76.7. The summed E-state index contributed by atoms with van der Waals surface area (Å²) in [7, 11) is -0.919. The van der Waals surface area contributed by atoms with E-state index in [2.05, 4.69) is 25.4 Å². The average molecular weight is 578 g/mol. The fourth-order valence-electron chi connectivity index (χ4n) is 3.57. The number of carbonyl (C=O) groups is 1. The van der Waals surface area contributed by atoms with E-state index in [-0.39, 0.29) is 34.2 Å². The van der Waals surface area contributed by atoms with Gasteiger partial charge in [0.15, 0.2) is 11.5 Å². The molecule has 0 aliphatic rings. The summed E-state index contributed by atoms with van der Waals surface area (Å²) in [5.41, 5.74) is -0.303. The molecule has 0 bridgehead atoms. The van der Waals surface area contributed by atoms with Crippen LogP contribution in [0.1, 0.15) is 21.7 Å². The van der Waals surface area contributed by atoms with Crippen LogP contribution in [0.2, 0.25) is 0 Å². The van der Waals surface area contributed by atoms with Crippen molar-refractivity contribution in [2.45, 2.75) is 13.1 Å². The van der Waals surface area contributed by atoms with E-state index in [1.165, 1.54) is 39.6 Å². The minimum atomic E-state index is -4.72. The Morgan fingerprint density at radius 2 is 1.68 bits per heavy atom. The number of pyridine rings is 1. The number of sulfonamides is 1. The molecule has 2 N–H and O–H groups in total. The lowest BCUT2D eigenvalue weighted by atomic mass is 10.1. The number of hydrogen-bond acceptors (Lipinski definition) is 10. The number of carbonyl (C=O) groups excluding carboxylic acids is 1. The van der Waals surface area contributed by atoms with Gasteiger partial charge in [0.1, 0.15) is 11.5 Å². The van der Waals surface area contributed by atoms with Crippen molar-refractivity contribution in [1.82, 2.24) is 29.5 Å². The fourth-order valence-corrected chi connectivity index (χ4v) is 4.03. The zero-order chi connectivity index (χ0) is 29.2. The zero-order valence-electron chi connectivity index (χ0n) is 21.4. The molecule has 210 valence electrons. The van der Waals surface area contributed by atoms with Crippen LogP contribution >= 0.6 is 0 Å². The third-order valence-corrected chi connectivity index (χ3v) is 5.90. The Kier molecular flexibility index (Phi) is 7.63. The highest BCUT2D eigenvalue weighted by Gasteiger charge is 2.35. The van der Waals surface area contributed by atoms with E-state index in [0.717, 1.165) is 23.2 Å². The number of hydrogen-bond donors (Lipinski definition) is 2. The van der Waals surface area contributed by atoms with Crippen LogP contribution in [0.15, 0.2) is 48.9 Å². The third kappa shape index (κ3) is 6.45. The Labute approximate surface area is 226 Å². The number of aromatic nitrogens is 5. The van der Waals surface area contributed by atoms with Crippen LogP contribution in [-0.2, 0) is 16.2 Å². The molecule has 0 saturated heterocycles. The number of amides is 1. The van der Waals surface area contributed by atoms with E-state index in [1.54, 1.807) is 18.2 Å². The number of ether oxygens (including phenoxy) is 2. The number of halogens is 3. The van der Waals surface area contributed by atoms with Crippen molar-refractivity contribution in [3.05, 3.63) is 65.9 Å². The summed E-state index contributed by atoms with van der Waals surface area (Å²) in [5, 5.41) is 6.66. The first-order chi connectivity index (χ1) is 18.8. The zero-order valence-corrected chi connectivity index (χ0v) is 22.3. The standard InChI is InChI=1S/C24H22F3N7O5S/c1-13-5-20(24(25,26)27)32-34(13)21-19(14-6-15(11-28-10-14)22(35)33-40(4,36)37)12-29-23(31-21)30-16-7-17(38-2)9-18(8-16)39-3/h5-12H,1-4H3,(H,33,35)(H,29,30,31). The molecule has 0 saturated carbocycles. The molecule has 0 spiro atoms. The summed E-state index contributed by atoms with van der Waals surface area (Å²) in [6.07, 6.45) is -0.130. The lowest BCUT2D eigenvalue weighted by Gasteiger charge is -2.14. The predicted octanol–water partition coefficient (Wildman–Crippen LogP) is 3.50. The maximum atomic E-state index is 13.5. The number of nitrogens with one attached hydrogen (secondary N) is 2. The van der Waals surface area contributed by atoms with E-state index >= 15 is 0 Å². The molecule has 40 heavy (non-hydrogen) atoms. The van der Waals surface area contributed by atoms with Crippen molar-refractivity contribution in [2.24, 2.45) is 0 Å². The number of anilines is 2. The van der Waals surface area contributed by atoms with Gasteiger partial charge in [-0.3, -0.25) is 9.78 Å². The molecule has 12 nitrogen and oxygen atoms in total. The van der Waals surface area contributed by atoms with Crippen molar-refractivity contribution >= 4 is 27.6 Å². The Morgan fingerprint density at radius 1 is 1.00 bits per heavy atom. The van der Waals surface area contributed by atoms with E-state index in [1.807, 2.05) is 4.72 Å². The molecular formula is C24H22F3N7O5S. The van der Waals surface area contributed by atoms with Crippen LogP contribution in [0.3, 0.4) is 0 Å². The largest absolute Gasteiger partial charge is 0.497 e. The van der Waals surface area contributed by atoms with Gasteiger partial charge in [-0.2, -0.15) is 23.3 Å². The number of rotatable bonds is 8. The summed E-state index contributed by atoms with van der Waals surface area (Å²) in [5.74, 6) is -0.0862. The molecule has 0 fully saturated rings. The van der Waals surface area contributed by atoms with Gasteiger partial charge >= 0.3 is 6.18 Å². The maximum absolute atomic E-state index is 13.5. The first-order valence-electron chi connectivity index (χ1n) is 11.3. The van der Waals surface area contributed by atoms with Crippen LogP contribution < -0.4 is 19.5 Å². The second-order valence-electron chi connectivity index (χ2n) is 8.40. The molecule has 0 radical (unpaired) electrons. The summed E-state index contributed by atoms with van der Waals surface area (Å²) in [6, 6.07) is 7.08. The smallest absolute Gasteiger partial charge is 0.435 e. The first kappa shape index (κ1) is 28.3. The molecule has 3 aromatic heterocycles. The van der Waals surface area contributed by atoms with Gasteiger partial charge in [0.05, 0.1) is 26.0 Å². The topological polar surface area (TPSA) is 150 Å².